The topological polar surface area (TPSA) is 67.1 Å². The summed E-state index contributed by atoms with van der Waals surface area (Å²) in [5.41, 5.74) is 3.47. The Morgan fingerprint density at radius 2 is 2.00 bits per heavy atom. The van der Waals surface area contributed by atoms with E-state index in [1.165, 1.54) is 0 Å². The Balaban J connectivity index is 1.94. The molecule has 1 aliphatic rings. The summed E-state index contributed by atoms with van der Waals surface area (Å²) in [5.74, 6) is 7.39. The van der Waals surface area contributed by atoms with E-state index in [1.807, 2.05) is 0 Å². The van der Waals surface area contributed by atoms with E-state index in [2.05, 4.69) is 34.1 Å². The number of nitrogens with two attached hydrogens (primary N) is 1. The van der Waals surface area contributed by atoms with Gasteiger partial charge in [0.05, 0.1) is 18.1 Å². The second-order valence-electron chi connectivity index (χ2n) is 4.69. The summed E-state index contributed by atoms with van der Waals surface area (Å²) in [4.78, 5) is 10.9. The number of hydrogen-bond donors (Lipinski definition) is 2. The van der Waals surface area contributed by atoms with Gasteiger partial charge in [0.15, 0.2) is 5.82 Å². The Kier molecular flexibility index (Phi) is 3.36. The molecule has 2 heterocycles. The first-order valence-corrected chi connectivity index (χ1v) is 5.69. The zero-order valence-electron chi connectivity index (χ0n) is 9.85. The number of nitrogens with zero attached hydrogens (tertiary/aromatic N) is 3. The number of anilines is 1. The van der Waals surface area contributed by atoms with Crippen molar-refractivity contribution in [3.63, 3.8) is 0 Å². The zero-order chi connectivity index (χ0) is 11.5. The Hall–Kier alpha value is -1.20. The zero-order valence-corrected chi connectivity index (χ0v) is 9.85. The van der Waals surface area contributed by atoms with Crippen LogP contribution >= 0.6 is 0 Å². The number of hydrazine groups is 1. The Morgan fingerprint density at radius 3 is 2.50 bits per heavy atom. The summed E-state index contributed by atoms with van der Waals surface area (Å²) in [7, 11) is 0. The lowest BCUT2D eigenvalue weighted by Crippen LogP contribution is -2.21. The Bertz CT molecular complexity index is 327. The van der Waals surface area contributed by atoms with Crippen LogP contribution in [-0.2, 0) is 6.54 Å². The van der Waals surface area contributed by atoms with Crippen molar-refractivity contribution in [3.05, 3.63) is 18.1 Å². The van der Waals surface area contributed by atoms with Crippen molar-refractivity contribution in [1.29, 1.82) is 0 Å². The first-order valence-electron chi connectivity index (χ1n) is 5.69. The van der Waals surface area contributed by atoms with Crippen LogP contribution in [0.1, 0.15) is 19.5 Å². The standard InChI is InChI=1S/C11H19N5/c1-8-5-16(6-9(8)2)7-10-3-14-11(15-12)4-13-10/h3-4,8-9H,5-7,12H2,1-2H3,(H,14,15). The maximum atomic E-state index is 5.24. The summed E-state index contributed by atoms with van der Waals surface area (Å²) in [5, 5.41) is 0. The largest absolute Gasteiger partial charge is 0.307 e. The minimum atomic E-state index is 0.604. The van der Waals surface area contributed by atoms with Gasteiger partial charge in [0.2, 0.25) is 0 Å². The molecule has 0 aliphatic carbocycles. The lowest BCUT2D eigenvalue weighted by molar-refractivity contribution is 0.312. The lowest BCUT2D eigenvalue weighted by atomic mass is 10.0. The highest BCUT2D eigenvalue weighted by Crippen LogP contribution is 2.23. The van der Waals surface area contributed by atoms with Crippen LogP contribution in [-0.4, -0.2) is 28.0 Å². The minimum Gasteiger partial charge on any atom is -0.307 e. The lowest BCUT2D eigenvalue weighted by Gasteiger charge is -2.14. The van der Waals surface area contributed by atoms with E-state index in [1.54, 1.807) is 12.4 Å². The van der Waals surface area contributed by atoms with Crippen molar-refractivity contribution in [1.82, 2.24) is 14.9 Å². The molecule has 2 rings (SSSR count). The first kappa shape index (κ1) is 11.3. The van der Waals surface area contributed by atoms with E-state index in [0.29, 0.717) is 5.82 Å². The van der Waals surface area contributed by atoms with Gasteiger partial charge in [-0.15, -0.1) is 0 Å². The SMILES string of the molecule is CC1CN(Cc2cnc(NN)cn2)CC1C. The van der Waals surface area contributed by atoms with Crippen molar-refractivity contribution in [2.45, 2.75) is 20.4 Å². The molecule has 1 saturated heterocycles. The van der Waals surface area contributed by atoms with Gasteiger partial charge in [-0.25, -0.2) is 10.8 Å². The number of rotatable bonds is 3. The van der Waals surface area contributed by atoms with E-state index < -0.39 is 0 Å². The third kappa shape index (κ3) is 2.48. The molecule has 0 bridgehead atoms. The third-order valence-corrected chi connectivity index (χ3v) is 3.30. The van der Waals surface area contributed by atoms with E-state index >= 15 is 0 Å². The van der Waals surface area contributed by atoms with Gasteiger partial charge in [-0.05, 0) is 11.8 Å². The molecular weight excluding hydrogens is 202 g/mol. The van der Waals surface area contributed by atoms with E-state index in [-0.39, 0.29) is 0 Å². The molecule has 1 aromatic rings. The second kappa shape index (κ2) is 4.76. The quantitative estimate of drug-likeness (QED) is 0.585. The summed E-state index contributed by atoms with van der Waals surface area (Å²) >= 11 is 0. The van der Waals surface area contributed by atoms with Crippen LogP contribution in [0.3, 0.4) is 0 Å². The smallest absolute Gasteiger partial charge is 0.158 e. The highest BCUT2D eigenvalue weighted by molar-refractivity contribution is 5.28. The monoisotopic (exact) mass is 221 g/mol. The number of hydrogen-bond acceptors (Lipinski definition) is 5. The summed E-state index contributed by atoms with van der Waals surface area (Å²) in [6.07, 6.45) is 3.45. The molecule has 5 heteroatoms. The van der Waals surface area contributed by atoms with Gasteiger partial charge in [0.25, 0.3) is 0 Å². The average molecular weight is 221 g/mol. The molecule has 0 amide bonds. The van der Waals surface area contributed by atoms with Gasteiger partial charge in [-0.3, -0.25) is 9.88 Å². The predicted octanol–water partition coefficient (Wildman–Crippen LogP) is 0.850. The molecular formula is C11H19N5. The van der Waals surface area contributed by atoms with Crippen LogP contribution in [0.4, 0.5) is 5.82 Å². The van der Waals surface area contributed by atoms with Crippen LogP contribution < -0.4 is 11.3 Å². The summed E-state index contributed by atoms with van der Waals surface area (Å²) < 4.78 is 0. The number of aromatic nitrogens is 2. The minimum absolute atomic E-state index is 0.604. The molecule has 88 valence electrons. The molecule has 1 aromatic heterocycles. The van der Waals surface area contributed by atoms with Crippen molar-refractivity contribution in [2.24, 2.45) is 17.7 Å². The first-order chi connectivity index (χ1) is 7.69. The van der Waals surface area contributed by atoms with Gasteiger partial charge in [-0.1, -0.05) is 13.8 Å². The van der Waals surface area contributed by atoms with E-state index in [4.69, 9.17) is 5.84 Å². The number of nitrogens with one attached hydrogen (secondary N) is 1. The van der Waals surface area contributed by atoms with Crippen LogP contribution in [0.15, 0.2) is 12.4 Å². The van der Waals surface area contributed by atoms with Gasteiger partial charge in [-0.2, -0.15) is 0 Å². The van der Waals surface area contributed by atoms with E-state index in [9.17, 15) is 0 Å². The van der Waals surface area contributed by atoms with Crippen LogP contribution in [0.25, 0.3) is 0 Å². The van der Waals surface area contributed by atoms with Gasteiger partial charge < -0.3 is 5.43 Å². The van der Waals surface area contributed by atoms with Crippen molar-refractivity contribution >= 4 is 5.82 Å². The molecule has 16 heavy (non-hydrogen) atoms. The molecule has 1 fully saturated rings. The second-order valence-corrected chi connectivity index (χ2v) is 4.69. The van der Waals surface area contributed by atoms with Crippen LogP contribution in [0.2, 0.25) is 0 Å². The molecule has 0 saturated carbocycles. The van der Waals surface area contributed by atoms with Crippen molar-refractivity contribution in [3.8, 4) is 0 Å². The predicted molar refractivity (Wildman–Crippen MR) is 63.4 cm³/mol. The summed E-state index contributed by atoms with van der Waals surface area (Å²) in [6, 6.07) is 0. The maximum Gasteiger partial charge on any atom is 0.158 e. The molecule has 3 N–H and O–H groups in total. The fourth-order valence-corrected chi connectivity index (χ4v) is 2.12. The van der Waals surface area contributed by atoms with Crippen LogP contribution in [0, 0.1) is 11.8 Å². The molecule has 1 aliphatic heterocycles. The maximum absolute atomic E-state index is 5.24. The molecule has 0 spiro atoms. The number of likely N-dealkylation sites (tertiary alicyclic amines) is 1. The molecule has 0 aromatic carbocycles. The normalized spacial score (nSPS) is 25.9. The summed E-state index contributed by atoms with van der Waals surface area (Å²) in [6.45, 7) is 7.79. The molecule has 0 radical (unpaired) electrons. The molecule has 2 unspecified atom stereocenters. The van der Waals surface area contributed by atoms with Crippen molar-refractivity contribution in [2.75, 3.05) is 18.5 Å². The fraction of sp³-hybridized carbons (Fsp3) is 0.636. The van der Waals surface area contributed by atoms with Gasteiger partial charge in [0.1, 0.15) is 0 Å². The van der Waals surface area contributed by atoms with Gasteiger partial charge >= 0.3 is 0 Å². The Labute approximate surface area is 96.0 Å². The molecule has 2 atom stereocenters. The van der Waals surface area contributed by atoms with E-state index in [0.717, 1.165) is 37.2 Å². The molecule has 5 nitrogen and oxygen atoms in total. The number of nitrogen functional groups attached to an aromatic ring is 1. The highest BCUT2D eigenvalue weighted by atomic mass is 15.3. The highest BCUT2D eigenvalue weighted by Gasteiger charge is 2.25. The van der Waals surface area contributed by atoms with Gasteiger partial charge in [0, 0.05) is 19.6 Å². The Morgan fingerprint density at radius 1 is 1.31 bits per heavy atom. The van der Waals surface area contributed by atoms with Crippen molar-refractivity contribution < 1.29 is 0 Å². The average Bonchev–Trinajstić information content (AvgIpc) is 2.59. The van der Waals surface area contributed by atoms with Crippen LogP contribution in [0.5, 0.6) is 0 Å². The fourth-order valence-electron chi connectivity index (χ4n) is 2.12. The third-order valence-electron chi connectivity index (χ3n) is 3.30.